The Morgan fingerprint density at radius 3 is 2.52 bits per heavy atom. The Morgan fingerprint density at radius 2 is 1.81 bits per heavy atom. The van der Waals surface area contributed by atoms with Crippen molar-refractivity contribution in [3.8, 4) is 11.5 Å². The van der Waals surface area contributed by atoms with Crippen molar-refractivity contribution in [2.75, 3.05) is 0 Å². The van der Waals surface area contributed by atoms with Crippen LogP contribution in [-0.2, 0) is 6.42 Å². The minimum Gasteiger partial charge on any atom is -0.452 e. The third-order valence-electron chi connectivity index (χ3n) is 3.18. The van der Waals surface area contributed by atoms with E-state index in [1.54, 1.807) is 12.1 Å². The van der Waals surface area contributed by atoms with Gasteiger partial charge in [-0.1, -0.05) is 48.3 Å². The molecular weight excluding hydrogens is 312 g/mol. The Morgan fingerprint density at radius 1 is 1.14 bits per heavy atom. The van der Waals surface area contributed by atoms with E-state index in [1.165, 1.54) is 12.1 Å². The summed E-state index contributed by atoms with van der Waals surface area (Å²) in [7, 11) is 0. The van der Waals surface area contributed by atoms with Crippen LogP contribution in [0.5, 0.6) is 11.5 Å². The molecule has 0 saturated heterocycles. The summed E-state index contributed by atoms with van der Waals surface area (Å²) in [5.41, 5.74) is 6.82. The van der Waals surface area contributed by atoms with Gasteiger partial charge in [0.2, 0.25) is 0 Å². The zero-order valence-electron chi connectivity index (χ0n) is 11.6. The van der Waals surface area contributed by atoms with Gasteiger partial charge in [-0.3, -0.25) is 0 Å². The Labute approximate surface area is 133 Å². The molecule has 0 bridgehead atoms. The van der Waals surface area contributed by atoms with E-state index in [0.717, 1.165) is 12.0 Å². The number of hydrogen-bond donors (Lipinski definition) is 1. The minimum absolute atomic E-state index is 0.00461. The number of rotatable bonds is 5. The first-order valence-electron chi connectivity index (χ1n) is 6.67. The lowest BCUT2D eigenvalue weighted by Crippen LogP contribution is -2.21. The first-order chi connectivity index (χ1) is 10.0. The van der Waals surface area contributed by atoms with Crippen LogP contribution in [0.3, 0.4) is 0 Å². The van der Waals surface area contributed by atoms with Gasteiger partial charge in [0.15, 0.2) is 11.6 Å². The molecule has 0 aliphatic carbocycles. The highest BCUT2D eigenvalue weighted by molar-refractivity contribution is 6.32. The number of nitrogens with two attached hydrogens (primary N) is 1. The Kier molecular flexibility index (Phi) is 5.45. The highest BCUT2D eigenvalue weighted by atomic mass is 35.5. The van der Waals surface area contributed by atoms with Gasteiger partial charge in [0.1, 0.15) is 5.75 Å². The standard InChI is InChI=1S/C16H16Cl2FNO/c1-2-11(20)9-10-5-3-7-13(18)16(10)21-14-8-4-6-12(17)15(14)19/h3-8,11H,2,9,20H2,1H3. The highest BCUT2D eigenvalue weighted by Gasteiger charge is 2.15. The molecule has 2 nitrogen and oxygen atoms in total. The number of ether oxygens (including phenoxy) is 1. The largest absolute Gasteiger partial charge is 0.452 e. The van der Waals surface area contributed by atoms with Crippen LogP contribution in [0, 0.1) is 5.82 Å². The first kappa shape index (κ1) is 16.1. The van der Waals surface area contributed by atoms with Crippen LogP contribution in [0.2, 0.25) is 10.0 Å². The maximum absolute atomic E-state index is 14.0. The molecule has 112 valence electrons. The van der Waals surface area contributed by atoms with E-state index < -0.39 is 5.82 Å². The predicted octanol–water partition coefficient (Wildman–Crippen LogP) is 5.20. The molecule has 0 amide bonds. The van der Waals surface area contributed by atoms with Crippen LogP contribution in [0.1, 0.15) is 18.9 Å². The van der Waals surface area contributed by atoms with Crippen molar-refractivity contribution in [1.29, 1.82) is 0 Å². The molecule has 2 N–H and O–H groups in total. The molecule has 0 spiro atoms. The van der Waals surface area contributed by atoms with Crippen molar-refractivity contribution in [2.24, 2.45) is 5.73 Å². The van der Waals surface area contributed by atoms with Crippen LogP contribution in [-0.4, -0.2) is 6.04 Å². The van der Waals surface area contributed by atoms with Gasteiger partial charge in [-0.15, -0.1) is 0 Å². The third-order valence-corrected chi connectivity index (χ3v) is 3.77. The fourth-order valence-corrected chi connectivity index (χ4v) is 2.33. The number of halogens is 3. The van der Waals surface area contributed by atoms with E-state index >= 15 is 0 Å². The summed E-state index contributed by atoms with van der Waals surface area (Å²) in [5.74, 6) is -0.143. The molecule has 0 aliphatic rings. The number of hydrogen-bond acceptors (Lipinski definition) is 2. The second-order valence-electron chi connectivity index (χ2n) is 4.75. The van der Waals surface area contributed by atoms with Crippen molar-refractivity contribution in [3.05, 3.63) is 57.8 Å². The average Bonchev–Trinajstić information content (AvgIpc) is 2.47. The summed E-state index contributed by atoms with van der Waals surface area (Å²) in [6.45, 7) is 2.01. The Bertz CT molecular complexity index is 634. The summed E-state index contributed by atoms with van der Waals surface area (Å²) in [6.07, 6.45) is 1.44. The predicted molar refractivity (Wildman–Crippen MR) is 84.9 cm³/mol. The van der Waals surface area contributed by atoms with E-state index in [-0.39, 0.29) is 16.8 Å². The molecule has 0 aromatic heterocycles. The minimum atomic E-state index is -0.607. The SMILES string of the molecule is CCC(N)Cc1cccc(Cl)c1Oc1cccc(Cl)c1F. The van der Waals surface area contributed by atoms with Crippen molar-refractivity contribution in [3.63, 3.8) is 0 Å². The lowest BCUT2D eigenvalue weighted by atomic mass is 10.0. The lowest BCUT2D eigenvalue weighted by molar-refractivity contribution is 0.436. The molecule has 2 rings (SSSR count). The molecule has 0 radical (unpaired) electrons. The summed E-state index contributed by atoms with van der Waals surface area (Å²) < 4.78 is 19.6. The maximum Gasteiger partial charge on any atom is 0.184 e. The second kappa shape index (κ2) is 7.12. The fourth-order valence-electron chi connectivity index (χ4n) is 1.93. The molecule has 21 heavy (non-hydrogen) atoms. The van der Waals surface area contributed by atoms with Crippen LogP contribution in [0.25, 0.3) is 0 Å². The van der Waals surface area contributed by atoms with Crippen molar-refractivity contribution >= 4 is 23.2 Å². The fraction of sp³-hybridized carbons (Fsp3) is 0.250. The van der Waals surface area contributed by atoms with Crippen LogP contribution < -0.4 is 10.5 Å². The monoisotopic (exact) mass is 327 g/mol. The van der Waals surface area contributed by atoms with Crippen LogP contribution in [0.15, 0.2) is 36.4 Å². The molecule has 0 fully saturated rings. The zero-order valence-corrected chi connectivity index (χ0v) is 13.1. The average molecular weight is 328 g/mol. The topological polar surface area (TPSA) is 35.2 Å². The van der Waals surface area contributed by atoms with Crippen molar-refractivity contribution < 1.29 is 9.13 Å². The summed E-state index contributed by atoms with van der Waals surface area (Å²) in [5, 5.41) is 0.418. The van der Waals surface area contributed by atoms with Crippen LogP contribution in [0.4, 0.5) is 4.39 Å². The second-order valence-corrected chi connectivity index (χ2v) is 5.57. The Balaban J connectivity index is 2.36. The summed E-state index contributed by atoms with van der Waals surface area (Å²) in [6, 6.07) is 9.98. The maximum atomic E-state index is 14.0. The van der Waals surface area contributed by atoms with Gasteiger partial charge in [-0.25, -0.2) is 4.39 Å². The van der Waals surface area contributed by atoms with Gasteiger partial charge in [-0.2, -0.15) is 0 Å². The molecule has 0 aliphatic heterocycles. The molecular formula is C16H16Cl2FNO. The van der Waals surface area contributed by atoms with E-state index in [2.05, 4.69) is 0 Å². The van der Waals surface area contributed by atoms with Crippen LogP contribution >= 0.6 is 23.2 Å². The number of benzene rings is 2. The van der Waals surface area contributed by atoms with E-state index in [9.17, 15) is 4.39 Å². The zero-order chi connectivity index (χ0) is 15.4. The van der Waals surface area contributed by atoms with Gasteiger partial charge >= 0.3 is 0 Å². The molecule has 0 heterocycles. The van der Waals surface area contributed by atoms with Crippen molar-refractivity contribution in [2.45, 2.75) is 25.8 Å². The normalized spacial score (nSPS) is 12.2. The number of para-hydroxylation sites is 1. The van der Waals surface area contributed by atoms with E-state index in [1.807, 2.05) is 19.1 Å². The summed E-state index contributed by atoms with van der Waals surface area (Å²) in [4.78, 5) is 0. The lowest BCUT2D eigenvalue weighted by Gasteiger charge is -2.16. The smallest absolute Gasteiger partial charge is 0.184 e. The van der Waals surface area contributed by atoms with E-state index in [4.69, 9.17) is 33.7 Å². The van der Waals surface area contributed by atoms with Gasteiger partial charge < -0.3 is 10.5 Å². The first-order valence-corrected chi connectivity index (χ1v) is 7.43. The molecule has 2 aromatic carbocycles. The molecule has 2 aromatic rings. The molecule has 5 heteroatoms. The van der Waals surface area contributed by atoms with Gasteiger partial charge in [0, 0.05) is 6.04 Å². The van der Waals surface area contributed by atoms with Crippen molar-refractivity contribution in [1.82, 2.24) is 0 Å². The van der Waals surface area contributed by atoms with E-state index in [0.29, 0.717) is 17.2 Å². The molecule has 0 saturated carbocycles. The van der Waals surface area contributed by atoms with Gasteiger partial charge in [0.05, 0.1) is 10.0 Å². The quantitative estimate of drug-likeness (QED) is 0.818. The Hall–Kier alpha value is -1.29. The van der Waals surface area contributed by atoms with Gasteiger partial charge in [-0.05, 0) is 36.6 Å². The third kappa shape index (κ3) is 3.88. The highest BCUT2D eigenvalue weighted by Crippen LogP contribution is 2.36. The van der Waals surface area contributed by atoms with Gasteiger partial charge in [0.25, 0.3) is 0 Å². The molecule has 1 unspecified atom stereocenters. The molecule has 1 atom stereocenters. The summed E-state index contributed by atoms with van der Waals surface area (Å²) >= 11 is 11.9.